The lowest BCUT2D eigenvalue weighted by atomic mass is 9.97. The molecule has 35 heavy (non-hydrogen) atoms. The van der Waals surface area contributed by atoms with Gasteiger partial charge in [0.15, 0.2) is 0 Å². The molecular formula is C26H27F3N4O2. The van der Waals surface area contributed by atoms with Crippen molar-refractivity contribution in [3.05, 3.63) is 77.2 Å². The molecule has 1 unspecified atom stereocenters. The number of nitrogens with one attached hydrogen (secondary N) is 1. The van der Waals surface area contributed by atoms with Crippen molar-refractivity contribution < 1.29 is 22.7 Å². The molecule has 4 rings (SSSR count). The topological polar surface area (TPSA) is 80.5 Å². The van der Waals surface area contributed by atoms with E-state index in [1.807, 2.05) is 4.90 Å². The largest absolute Gasteiger partial charge is 0.497 e. The van der Waals surface area contributed by atoms with Crippen molar-refractivity contribution in [1.29, 1.82) is 0 Å². The minimum atomic E-state index is -0.963. The Morgan fingerprint density at radius 1 is 1.23 bits per heavy atom. The Balaban J connectivity index is 1.41. The first kappa shape index (κ1) is 24.7. The molecule has 6 nitrogen and oxygen atoms in total. The van der Waals surface area contributed by atoms with Gasteiger partial charge in [0, 0.05) is 42.7 Å². The lowest BCUT2D eigenvalue weighted by molar-refractivity contribution is -0.124. The standard InChI is InChI=1S/C26H27F3N4O2/c1-35-19-5-7-24-21(14-19)20(23(29)15-31-24)8-10-32-26(25(30)34)9-12-33(16-26)11-2-3-17-13-18(27)4-6-22(17)28/h2-7,13-15,32H,8-12,16H2,1H3,(H2,30,34)/b3-2+. The molecule has 0 radical (unpaired) electrons. The van der Waals surface area contributed by atoms with Crippen molar-refractivity contribution in [2.45, 2.75) is 18.4 Å². The first-order chi connectivity index (χ1) is 16.8. The Morgan fingerprint density at radius 3 is 2.83 bits per heavy atom. The highest BCUT2D eigenvalue weighted by Gasteiger charge is 2.42. The number of carbonyl (C=O) groups excluding carboxylic acids is 1. The SMILES string of the molecule is COc1ccc2ncc(F)c(CCNC3(C(N)=O)CCN(C/C=C/c4cc(F)ccc4F)C3)c2c1. The van der Waals surface area contributed by atoms with Crippen LogP contribution in [0.3, 0.4) is 0 Å². The van der Waals surface area contributed by atoms with Crippen LogP contribution < -0.4 is 15.8 Å². The van der Waals surface area contributed by atoms with Crippen LogP contribution in [-0.2, 0) is 11.2 Å². The molecule has 184 valence electrons. The fourth-order valence-electron chi connectivity index (χ4n) is 4.46. The zero-order valence-corrected chi connectivity index (χ0v) is 19.4. The molecule has 0 saturated carbocycles. The van der Waals surface area contributed by atoms with Crippen molar-refractivity contribution in [2.75, 3.05) is 33.3 Å². The molecule has 2 aromatic carbocycles. The lowest BCUT2D eigenvalue weighted by Gasteiger charge is -2.27. The molecule has 1 aliphatic heterocycles. The molecule has 0 bridgehead atoms. The number of amides is 1. The third kappa shape index (κ3) is 5.47. The second-order valence-electron chi connectivity index (χ2n) is 8.64. The van der Waals surface area contributed by atoms with Crippen LogP contribution in [0.1, 0.15) is 17.5 Å². The van der Waals surface area contributed by atoms with Gasteiger partial charge in [-0.05, 0) is 49.2 Å². The van der Waals surface area contributed by atoms with Gasteiger partial charge >= 0.3 is 0 Å². The van der Waals surface area contributed by atoms with E-state index in [-0.39, 0.29) is 5.56 Å². The summed E-state index contributed by atoms with van der Waals surface area (Å²) < 4.78 is 47.0. The van der Waals surface area contributed by atoms with Crippen LogP contribution in [0.5, 0.6) is 5.75 Å². The monoisotopic (exact) mass is 484 g/mol. The summed E-state index contributed by atoms with van der Waals surface area (Å²) in [6.07, 6.45) is 5.24. The molecule has 0 spiro atoms. The number of carbonyl (C=O) groups is 1. The van der Waals surface area contributed by atoms with Crippen molar-refractivity contribution in [1.82, 2.24) is 15.2 Å². The van der Waals surface area contributed by atoms with Gasteiger partial charge in [-0.25, -0.2) is 13.2 Å². The molecule has 1 amide bonds. The quantitative estimate of drug-likeness (QED) is 0.487. The molecule has 2 heterocycles. The molecule has 3 N–H and O–H groups in total. The van der Waals surface area contributed by atoms with E-state index in [2.05, 4.69) is 10.3 Å². The maximum Gasteiger partial charge on any atom is 0.239 e. The first-order valence-corrected chi connectivity index (χ1v) is 11.3. The van der Waals surface area contributed by atoms with E-state index < -0.39 is 28.9 Å². The molecule has 1 atom stereocenters. The second kappa shape index (κ2) is 10.5. The average Bonchev–Trinajstić information content (AvgIpc) is 3.27. The van der Waals surface area contributed by atoms with Crippen LogP contribution in [0.2, 0.25) is 0 Å². The number of pyridine rings is 1. The smallest absolute Gasteiger partial charge is 0.239 e. The highest BCUT2D eigenvalue weighted by atomic mass is 19.1. The molecule has 3 aromatic rings. The number of hydrogen-bond donors (Lipinski definition) is 2. The molecule has 1 saturated heterocycles. The molecule has 1 fully saturated rings. The lowest BCUT2D eigenvalue weighted by Crippen LogP contribution is -2.57. The second-order valence-corrected chi connectivity index (χ2v) is 8.64. The van der Waals surface area contributed by atoms with E-state index in [1.165, 1.54) is 12.3 Å². The highest BCUT2D eigenvalue weighted by molar-refractivity contribution is 5.86. The summed E-state index contributed by atoms with van der Waals surface area (Å²) in [6, 6.07) is 8.56. The molecular weight excluding hydrogens is 457 g/mol. The number of methoxy groups -OCH3 is 1. The Morgan fingerprint density at radius 2 is 2.06 bits per heavy atom. The summed E-state index contributed by atoms with van der Waals surface area (Å²) >= 11 is 0. The third-order valence-electron chi connectivity index (χ3n) is 6.41. The van der Waals surface area contributed by atoms with Gasteiger partial charge in [0.05, 0.1) is 18.8 Å². The van der Waals surface area contributed by atoms with Crippen LogP contribution in [0.25, 0.3) is 17.0 Å². The van der Waals surface area contributed by atoms with E-state index in [1.54, 1.807) is 31.4 Å². The van der Waals surface area contributed by atoms with E-state index in [0.29, 0.717) is 61.2 Å². The minimum absolute atomic E-state index is 0.159. The number of aromatic nitrogens is 1. The van der Waals surface area contributed by atoms with Crippen molar-refractivity contribution >= 4 is 22.9 Å². The summed E-state index contributed by atoms with van der Waals surface area (Å²) in [4.78, 5) is 18.5. The Kier molecular flexibility index (Phi) is 7.37. The van der Waals surface area contributed by atoms with E-state index in [9.17, 15) is 18.0 Å². The normalized spacial score (nSPS) is 18.5. The van der Waals surface area contributed by atoms with Crippen LogP contribution >= 0.6 is 0 Å². The van der Waals surface area contributed by atoms with Crippen LogP contribution in [0.4, 0.5) is 13.2 Å². The summed E-state index contributed by atoms with van der Waals surface area (Å²) in [5.41, 5.74) is 6.08. The Hall–Kier alpha value is -3.43. The number of ether oxygens (including phenoxy) is 1. The summed E-state index contributed by atoms with van der Waals surface area (Å²) in [5, 5.41) is 3.90. The first-order valence-electron chi connectivity index (χ1n) is 11.3. The number of primary amides is 1. The number of nitrogens with two attached hydrogens (primary N) is 1. The van der Waals surface area contributed by atoms with Gasteiger partial charge in [-0.2, -0.15) is 0 Å². The number of hydrogen-bond acceptors (Lipinski definition) is 5. The molecule has 0 aliphatic carbocycles. The average molecular weight is 485 g/mol. The zero-order valence-electron chi connectivity index (χ0n) is 19.4. The van der Waals surface area contributed by atoms with Gasteiger partial charge in [-0.3, -0.25) is 14.7 Å². The zero-order chi connectivity index (χ0) is 25.0. The number of benzene rings is 2. The Labute approximate surface area is 201 Å². The van der Waals surface area contributed by atoms with Crippen LogP contribution in [0.15, 0.2) is 48.7 Å². The predicted molar refractivity (Wildman–Crippen MR) is 128 cm³/mol. The number of fused-ring (bicyclic) bond motifs is 1. The van der Waals surface area contributed by atoms with E-state index in [0.717, 1.165) is 18.2 Å². The third-order valence-corrected chi connectivity index (χ3v) is 6.41. The number of likely N-dealkylation sites (tertiary alicyclic amines) is 1. The van der Waals surface area contributed by atoms with E-state index >= 15 is 0 Å². The van der Waals surface area contributed by atoms with Gasteiger partial charge in [-0.1, -0.05) is 12.2 Å². The summed E-state index contributed by atoms with van der Waals surface area (Å²) in [6.45, 7) is 1.71. The minimum Gasteiger partial charge on any atom is -0.497 e. The van der Waals surface area contributed by atoms with Crippen molar-refractivity contribution in [3.8, 4) is 5.75 Å². The molecule has 9 heteroatoms. The van der Waals surface area contributed by atoms with Crippen molar-refractivity contribution in [2.24, 2.45) is 5.73 Å². The number of rotatable bonds is 9. The fourth-order valence-corrected chi connectivity index (χ4v) is 4.46. The van der Waals surface area contributed by atoms with Gasteiger partial charge in [0.25, 0.3) is 0 Å². The molecule has 1 aliphatic rings. The van der Waals surface area contributed by atoms with Gasteiger partial charge < -0.3 is 15.8 Å². The number of nitrogens with zero attached hydrogens (tertiary/aromatic N) is 2. The van der Waals surface area contributed by atoms with Crippen molar-refractivity contribution in [3.63, 3.8) is 0 Å². The maximum atomic E-state index is 14.6. The molecule has 1 aromatic heterocycles. The highest BCUT2D eigenvalue weighted by Crippen LogP contribution is 2.26. The van der Waals surface area contributed by atoms with Crippen LogP contribution in [-0.4, -0.2) is 54.6 Å². The summed E-state index contributed by atoms with van der Waals surface area (Å²) in [7, 11) is 1.54. The fraction of sp³-hybridized carbons (Fsp3) is 0.308. The number of halogens is 3. The van der Waals surface area contributed by atoms with Gasteiger partial charge in [-0.15, -0.1) is 0 Å². The van der Waals surface area contributed by atoms with Crippen LogP contribution in [0, 0.1) is 17.5 Å². The van der Waals surface area contributed by atoms with Gasteiger partial charge in [0.1, 0.15) is 28.7 Å². The maximum absolute atomic E-state index is 14.6. The Bertz CT molecular complexity index is 1270. The predicted octanol–water partition coefficient (Wildman–Crippen LogP) is 3.44. The van der Waals surface area contributed by atoms with Gasteiger partial charge in [0.2, 0.25) is 5.91 Å². The van der Waals surface area contributed by atoms with E-state index in [4.69, 9.17) is 10.5 Å². The summed E-state index contributed by atoms with van der Waals surface area (Å²) in [5.74, 6) is -1.33.